The Hall–Kier alpha value is -2.53. The molecule has 0 aliphatic heterocycles. The Bertz CT molecular complexity index is 669. The lowest BCUT2D eigenvalue weighted by atomic mass is 10.1. The van der Waals surface area contributed by atoms with Crippen molar-refractivity contribution in [2.24, 2.45) is 10.8 Å². The highest BCUT2D eigenvalue weighted by Gasteiger charge is 2.07. The maximum absolute atomic E-state index is 10.7. The second kappa shape index (κ2) is 6.76. The van der Waals surface area contributed by atoms with Crippen LogP contribution in [-0.4, -0.2) is 11.7 Å². The Kier molecular flexibility index (Phi) is 4.79. The molecule has 108 valence electrons. The van der Waals surface area contributed by atoms with Crippen LogP contribution in [0.1, 0.15) is 12.5 Å². The van der Waals surface area contributed by atoms with Crippen molar-refractivity contribution in [3.63, 3.8) is 0 Å². The van der Waals surface area contributed by atoms with Gasteiger partial charge in [-0.05, 0) is 43.3 Å². The molecule has 0 fully saturated rings. The number of benzene rings is 2. The van der Waals surface area contributed by atoms with Crippen molar-refractivity contribution in [1.82, 2.24) is 5.43 Å². The number of hydrazone groups is 1. The summed E-state index contributed by atoms with van der Waals surface area (Å²) in [4.78, 5) is 10.7. The molecule has 0 saturated heterocycles. The summed E-state index contributed by atoms with van der Waals surface area (Å²) in [5.74, 6) is 1.27. The molecule has 0 atom stereocenters. The van der Waals surface area contributed by atoms with Gasteiger partial charge in [-0.3, -0.25) is 0 Å². The van der Waals surface area contributed by atoms with Gasteiger partial charge in [-0.15, -0.1) is 0 Å². The predicted molar refractivity (Wildman–Crippen MR) is 82.9 cm³/mol. The van der Waals surface area contributed by atoms with Crippen LogP contribution in [0.2, 0.25) is 5.02 Å². The smallest absolute Gasteiger partial charge is 0.332 e. The van der Waals surface area contributed by atoms with Crippen LogP contribution in [0.5, 0.6) is 11.5 Å². The predicted octanol–water partition coefficient (Wildman–Crippen LogP) is 3.52. The fourth-order valence-electron chi connectivity index (χ4n) is 1.68. The number of nitrogens with two attached hydrogens (primary N) is 1. The molecule has 21 heavy (non-hydrogen) atoms. The minimum Gasteiger partial charge on any atom is -0.457 e. The van der Waals surface area contributed by atoms with Crippen molar-refractivity contribution in [2.45, 2.75) is 6.92 Å². The standard InChI is InChI=1S/C15H14ClN3O2/c1-10(18-19-15(17)20)13-4-2-3-5-14(13)21-12-8-6-11(16)7-9-12/h2-9H,1H3,(H3,17,19,20)/b18-10+. The lowest BCUT2D eigenvalue weighted by molar-refractivity contribution is 0.249. The number of primary amides is 1. The molecule has 2 aromatic carbocycles. The Morgan fingerprint density at radius 1 is 1.19 bits per heavy atom. The fourth-order valence-corrected chi connectivity index (χ4v) is 1.81. The number of urea groups is 1. The molecule has 2 amide bonds. The fraction of sp³-hybridized carbons (Fsp3) is 0.0667. The van der Waals surface area contributed by atoms with Gasteiger partial charge in [0.2, 0.25) is 0 Å². The molecule has 0 radical (unpaired) electrons. The van der Waals surface area contributed by atoms with Gasteiger partial charge in [0.25, 0.3) is 0 Å². The number of para-hydroxylation sites is 1. The van der Waals surface area contributed by atoms with Crippen molar-refractivity contribution in [3.05, 3.63) is 59.1 Å². The van der Waals surface area contributed by atoms with E-state index in [0.29, 0.717) is 22.2 Å². The summed E-state index contributed by atoms with van der Waals surface area (Å²) in [5, 5.41) is 4.54. The molecule has 0 spiro atoms. The first-order valence-electron chi connectivity index (χ1n) is 6.19. The largest absolute Gasteiger partial charge is 0.457 e. The third-order valence-electron chi connectivity index (χ3n) is 2.65. The highest BCUT2D eigenvalue weighted by Crippen LogP contribution is 2.26. The minimum atomic E-state index is -0.717. The van der Waals surface area contributed by atoms with Crippen molar-refractivity contribution >= 4 is 23.3 Å². The topological polar surface area (TPSA) is 76.7 Å². The average Bonchev–Trinajstić information content (AvgIpc) is 2.48. The molecule has 0 aliphatic rings. The Balaban J connectivity index is 2.26. The van der Waals surface area contributed by atoms with E-state index >= 15 is 0 Å². The molecule has 6 heteroatoms. The number of hydrogen-bond acceptors (Lipinski definition) is 3. The van der Waals surface area contributed by atoms with E-state index in [4.69, 9.17) is 22.1 Å². The van der Waals surface area contributed by atoms with Crippen LogP contribution in [0.3, 0.4) is 0 Å². The molecule has 2 rings (SSSR count). The summed E-state index contributed by atoms with van der Waals surface area (Å²) in [5.41, 5.74) is 8.52. The summed E-state index contributed by atoms with van der Waals surface area (Å²) in [6, 6.07) is 13.7. The maximum atomic E-state index is 10.7. The van der Waals surface area contributed by atoms with E-state index in [-0.39, 0.29) is 0 Å². The molecule has 0 bridgehead atoms. The van der Waals surface area contributed by atoms with Crippen LogP contribution in [0, 0.1) is 0 Å². The Morgan fingerprint density at radius 3 is 2.52 bits per heavy atom. The molecular weight excluding hydrogens is 290 g/mol. The SMILES string of the molecule is C/C(=N\NC(N)=O)c1ccccc1Oc1ccc(Cl)cc1. The molecule has 0 unspecified atom stereocenters. The van der Waals surface area contributed by atoms with E-state index in [0.717, 1.165) is 5.56 Å². The number of nitrogens with zero attached hydrogens (tertiary/aromatic N) is 1. The lowest BCUT2D eigenvalue weighted by Gasteiger charge is -2.11. The molecule has 0 aliphatic carbocycles. The third kappa shape index (κ3) is 4.22. The normalized spacial score (nSPS) is 11.0. The number of hydrogen-bond donors (Lipinski definition) is 2. The van der Waals surface area contributed by atoms with Crippen LogP contribution >= 0.6 is 11.6 Å². The quantitative estimate of drug-likeness (QED) is 0.669. The van der Waals surface area contributed by atoms with Crippen molar-refractivity contribution in [3.8, 4) is 11.5 Å². The third-order valence-corrected chi connectivity index (χ3v) is 2.90. The number of carbonyl (C=O) groups excluding carboxylic acids is 1. The average molecular weight is 304 g/mol. The van der Waals surface area contributed by atoms with E-state index in [9.17, 15) is 4.79 Å². The van der Waals surface area contributed by atoms with Crippen LogP contribution in [-0.2, 0) is 0 Å². The van der Waals surface area contributed by atoms with E-state index in [1.165, 1.54) is 0 Å². The zero-order valence-electron chi connectivity index (χ0n) is 11.3. The summed E-state index contributed by atoms with van der Waals surface area (Å²) in [6.45, 7) is 1.75. The first kappa shape index (κ1) is 14.9. The highest BCUT2D eigenvalue weighted by molar-refractivity contribution is 6.30. The Morgan fingerprint density at radius 2 is 1.86 bits per heavy atom. The number of nitrogens with one attached hydrogen (secondary N) is 1. The van der Waals surface area contributed by atoms with Crippen molar-refractivity contribution < 1.29 is 9.53 Å². The molecule has 2 aromatic rings. The van der Waals surface area contributed by atoms with Crippen LogP contribution in [0.15, 0.2) is 53.6 Å². The highest BCUT2D eigenvalue weighted by atomic mass is 35.5. The number of carbonyl (C=O) groups is 1. The number of amides is 2. The number of halogens is 1. The van der Waals surface area contributed by atoms with Crippen LogP contribution in [0.25, 0.3) is 0 Å². The van der Waals surface area contributed by atoms with Gasteiger partial charge in [0, 0.05) is 10.6 Å². The molecule has 3 N–H and O–H groups in total. The van der Waals surface area contributed by atoms with Crippen LogP contribution in [0.4, 0.5) is 4.79 Å². The van der Waals surface area contributed by atoms with Gasteiger partial charge in [-0.25, -0.2) is 10.2 Å². The van der Waals surface area contributed by atoms with Crippen molar-refractivity contribution in [2.75, 3.05) is 0 Å². The van der Waals surface area contributed by atoms with Gasteiger partial charge >= 0.3 is 6.03 Å². The molecule has 0 heterocycles. The van der Waals surface area contributed by atoms with E-state index in [2.05, 4.69) is 10.5 Å². The summed E-state index contributed by atoms with van der Waals surface area (Å²) in [7, 11) is 0. The molecular formula is C15H14ClN3O2. The summed E-state index contributed by atoms with van der Waals surface area (Å²) < 4.78 is 5.81. The molecule has 0 saturated carbocycles. The second-order valence-electron chi connectivity index (χ2n) is 4.23. The molecule has 5 nitrogen and oxygen atoms in total. The first-order chi connectivity index (χ1) is 10.1. The van der Waals surface area contributed by atoms with Gasteiger partial charge in [0.05, 0.1) is 5.71 Å². The van der Waals surface area contributed by atoms with Gasteiger partial charge < -0.3 is 10.5 Å². The Labute approximate surface area is 127 Å². The van der Waals surface area contributed by atoms with Crippen LogP contribution < -0.4 is 15.9 Å². The van der Waals surface area contributed by atoms with E-state index in [1.807, 2.05) is 24.3 Å². The molecule has 0 aromatic heterocycles. The van der Waals surface area contributed by atoms with E-state index < -0.39 is 6.03 Å². The number of ether oxygens (including phenoxy) is 1. The maximum Gasteiger partial charge on any atom is 0.332 e. The summed E-state index contributed by atoms with van der Waals surface area (Å²) in [6.07, 6.45) is 0. The lowest BCUT2D eigenvalue weighted by Crippen LogP contribution is -2.25. The first-order valence-corrected chi connectivity index (χ1v) is 6.56. The van der Waals surface area contributed by atoms with Gasteiger partial charge in [-0.1, -0.05) is 23.7 Å². The van der Waals surface area contributed by atoms with E-state index in [1.54, 1.807) is 31.2 Å². The van der Waals surface area contributed by atoms with Gasteiger partial charge in [0.1, 0.15) is 11.5 Å². The number of rotatable bonds is 4. The van der Waals surface area contributed by atoms with Crippen molar-refractivity contribution in [1.29, 1.82) is 0 Å². The monoisotopic (exact) mass is 303 g/mol. The van der Waals surface area contributed by atoms with Gasteiger partial charge in [0.15, 0.2) is 0 Å². The minimum absolute atomic E-state index is 0.582. The zero-order chi connectivity index (χ0) is 15.2. The second-order valence-corrected chi connectivity index (χ2v) is 4.66. The summed E-state index contributed by atoms with van der Waals surface area (Å²) >= 11 is 5.84. The zero-order valence-corrected chi connectivity index (χ0v) is 12.1. The van der Waals surface area contributed by atoms with Gasteiger partial charge in [-0.2, -0.15) is 5.10 Å².